The Morgan fingerprint density at radius 3 is 2.13 bits per heavy atom. The number of rotatable bonds is 5. The van der Waals surface area contributed by atoms with Gasteiger partial charge >= 0.3 is 0 Å². The molecule has 2 saturated heterocycles. The second kappa shape index (κ2) is 12.1. The van der Waals surface area contributed by atoms with E-state index in [9.17, 15) is 9.59 Å². The summed E-state index contributed by atoms with van der Waals surface area (Å²) in [5, 5.41) is 3.60. The van der Waals surface area contributed by atoms with E-state index in [4.69, 9.17) is 0 Å². The van der Waals surface area contributed by atoms with Crippen molar-refractivity contribution < 1.29 is 9.59 Å². The van der Waals surface area contributed by atoms with Gasteiger partial charge in [-0.25, -0.2) is 4.99 Å². The van der Waals surface area contributed by atoms with E-state index in [0.717, 1.165) is 58.1 Å². The number of guanidine groups is 1. The van der Waals surface area contributed by atoms with E-state index in [2.05, 4.69) is 20.1 Å². The molecule has 1 N–H and O–H groups in total. The lowest BCUT2D eigenvalue weighted by atomic mass is 10.2. The topological polar surface area (TPSA) is 71.5 Å². The molecule has 2 heterocycles. The van der Waals surface area contributed by atoms with E-state index in [1.54, 1.807) is 19.0 Å². The Labute approximate surface area is 198 Å². The molecule has 1 unspecified atom stereocenters. The quantitative estimate of drug-likeness (QED) is 0.326. The van der Waals surface area contributed by atoms with Crippen molar-refractivity contribution in [1.82, 2.24) is 24.9 Å². The molecule has 0 bridgehead atoms. The van der Waals surface area contributed by atoms with Crippen molar-refractivity contribution >= 4 is 41.8 Å². The average molecular weight is 534 g/mol. The standard InChI is InChI=1S/C21H38N6O2.HI/c1-17(20(29)26-10-6-7-11-26)25-12-14-27(15-13-25)21(22-16-19(28)24(2)3)23-18-8-4-5-9-18;/h17-18H,4-16H2,1-3H3,(H,22,23);1H. The molecule has 0 aromatic rings. The van der Waals surface area contributed by atoms with E-state index in [1.807, 2.05) is 11.8 Å². The molecule has 172 valence electrons. The molecule has 3 rings (SSSR count). The summed E-state index contributed by atoms with van der Waals surface area (Å²) in [4.78, 5) is 37.5. The summed E-state index contributed by atoms with van der Waals surface area (Å²) in [5.41, 5.74) is 0. The molecule has 3 aliphatic rings. The summed E-state index contributed by atoms with van der Waals surface area (Å²) in [6, 6.07) is 0.394. The number of aliphatic imine (C=N–C) groups is 1. The van der Waals surface area contributed by atoms with Crippen molar-refractivity contribution in [3.8, 4) is 0 Å². The summed E-state index contributed by atoms with van der Waals surface area (Å²) in [6.07, 6.45) is 7.11. The number of likely N-dealkylation sites (N-methyl/N-ethyl adjacent to an activating group) is 1. The first-order chi connectivity index (χ1) is 14.0. The summed E-state index contributed by atoms with van der Waals surface area (Å²) in [6.45, 7) is 7.36. The minimum absolute atomic E-state index is 0. The van der Waals surface area contributed by atoms with Crippen LogP contribution < -0.4 is 5.32 Å². The maximum absolute atomic E-state index is 12.7. The van der Waals surface area contributed by atoms with Gasteiger partial charge in [-0.3, -0.25) is 14.5 Å². The van der Waals surface area contributed by atoms with E-state index >= 15 is 0 Å². The largest absolute Gasteiger partial charge is 0.353 e. The fourth-order valence-electron chi connectivity index (χ4n) is 4.45. The Balaban J connectivity index is 0.00000320. The number of likely N-dealkylation sites (tertiary alicyclic amines) is 1. The van der Waals surface area contributed by atoms with Crippen molar-refractivity contribution in [1.29, 1.82) is 0 Å². The number of hydrogen-bond donors (Lipinski definition) is 1. The summed E-state index contributed by atoms with van der Waals surface area (Å²) in [7, 11) is 3.53. The molecular weight excluding hydrogens is 495 g/mol. The second-order valence-electron chi connectivity index (χ2n) is 8.79. The number of nitrogens with zero attached hydrogens (tertiary/aromatic N) is 5. The number of piperazine rings is 1. The van der Waals surface area contributed by atoms with Gasteiger partial charge in [-0.1, -0.05) is 12.8 Å². The van der Waals surface area contributed by atoms with Crippen LogP contribution in [0, 0.1) is 0 Å². The van der Waals surface area contributed by atoms with Gasteiger partial charge in [0, 0.05) is 59.4 Å². The van der Waals surface area contributed by atoms with Gasteiger partial charge in [0.15, 0.2) is 5.96 Å². The van der Waals surface area contributed by atoms with Gasteiger partial charge in [-0.05, 0) is 32.6 Å². The monoisotopic (exact) mass is 534 g/mol. The number of halogens is 1. The first-order valence-electron chi connectivity index (χ1n) is 11.2. The zero-order chi connectivity index (χ0) is 20.8. The third-order valence-electron chi connectivity index (χ3n) is 6.49. The van der Waals surface area contributed by atoms with Crippen LogP contribution in [0.5, 0.6) is 0 Å². The Hall–Kier alpha value is -1.10. The molecule has 0 aromatic carbocycles. The summed E-state index contributed by atoms with van der Waals surface area (Å²) in [5.74, 6) is 1.13. The minimum Gasteiger partial charge on any atom is -0.353 e. The lowest BCUT2D eigenvalue weighted by Crippen LogP contribution is -2.57. The van der Waals surface area contributed by atoms with Crippen LogP contribution in [-0.4, -0.2) is 109 Å². The zero-order valence-electron chi connectivity index (χ0n) is 18.8. The molecule has 8 nitrogen and oxygen atoms in total. The van der Waals surface area contributed by atoms with Crippen LogP contribution >= 0.6 is 24.0 Å². The van der Waals surface area contributed by atoms with Crippen LogP contribution in [0.4, 0.5) is 0 Å². The maximum Gasteiger partial charge on any atom is 0.243 e. The number of carbonyl (C=O) groups is 2. The van der Waals surface area contributed by atoms with Crippen LogP contribution in [0.3, 0.4) is 0 Å². The molecule has 1 aliphatic carbocycles. The second-order valence-corrected chi connectivity index (χ2v) is 8.79. The smallest absolute Gasteiger partial charge is 0.243 e. The van der Waals surface area contributed by atoms with E-state index in [1.165, 1.54) is 25.7 Å². The van der Waals surface area contributed by atoms with Crippen LogP contribution in [0.2, 0.25) is 0 Å². The fraction of sp³-hybridized carbons (Fsp3) is 0.857. The molecule has 2 amide bonds. The number of nitrogens with one attached hydrogen (secondary N) is 1. The lowest BCUT2D eigenvalue weighted by molar-refractivity contribution is -0.135. The molecule has 0 aromatic heterocycles. The Morgan fingerprint density at radius 1 is 0.967 bits per heavy atom. The number of hydrogen-bond acceptors (Lipinski definition) is 4. The van der Waals surface area contributed by atoms with Crippen molar-refractivity contribution in [3.63, 3.8) is 0 Å². The molecule has 0 spiro atoms. The van der Waals surface area contributed by atoms with Crippen molar-refractivity contribution in [3.05, 3.63) is 0 Å². The summed E-state index contributed by atoms with van der Waals surface area (Å²) < 4.78 is 0. The summed E-state index contributed by atoms with van der Waals surface area (Å²) >= 11 is 0. The minimum atomic E-state index is -0.0613. The molecular formula is C21H39IN6O2. The zero-order valence-corrected chi connectivity index (χ0v) is 21.1. The first-order valence-corrected chi connectivity index (χ1v) is 11.2. The van der Waals surface area contributed by atoms with Crippen LogP contribution in [0.1, 0.15) is 45.4 Å². The van der Waals surface area contributed by atoms with E-state index in [0.29, 0.717) is 6.04 Å². The third-order valence-corrected chi connectivity index (χ3v) is 6.49. The Kier molecular flexibility index (Phi) is 10.1. The Bertz CT molecular complexity index is 594. The SMILES string of the molecule is CC(C(=O)N1CCCC1)N1CCN(C(=NCC(=O)N(C)C)NC2CCCC2)CC1.I. The molecule has 3 fully saturated rings. The van der Waals surface area contributed by atoms with Crippen molar-refractivity contribution in [2.75, 3.05) is 59.9 Å². The third kappa shape index (κ3) is 6.70. The van der Waals surface area contributed by atoms with Gasteiger partial charge < -0.3 is 20.0 Å². The molecule has 2 aliphatic heterocycles. The van der Waals surface area contributed by atoms with Gasteiger partial charge in [0.2, 0.25) is 11.8 Å². The van der Waals surface area contributed by atoms with Gasteiger partial charge in [0.25, 0.3) is 0 Å². The van der Waals surface area contributed by atoms with E-state index < -0.39 is 0 Å². The van der Waals surface area contributed by atoms with Crippen molar-refractivity contribution in [2.45, 2.75) is 57.5 Å². The Morgan fingerprint density at radius 2 is 1.57 bits per heavy atom. The molecule has 1 saturated carbocycles. The van der Waals surface area contributed by atoms with Crippen LogP contribution in [0.15, 0.2) is 4.99 Å². The molecule has 0 radical (unpaired) electrons. The van der Waals surface area contributed by atoms with Crippen LogP contribution in [0.25, 0.3) is 0 Å². The number of carbonyl (C=O) groups excluding carboxylic acids is 2. The van der Waals surface area contributed by atoms with Gasteiger partial charge in [-0.15, -0.1) is 24.0 Å². The predicted molar refractivity (Wildman–Crippen MR) is 130 cm³/mol. The highest BCUT2D eigenvalue weighted by atomic mass is 127. The first kappa shape index (κ1) is 25.2. The fourth-order valence-corrected chi connectivity index (χ4v) is 4.45. The highest BCUT2D eigenvalue weighted by molar-refractivity contribution is 14.0. The highest BCUT2D eigenvalue weighted by Gasteiger charge is 2.31. The molecule has 9 heteroatoms. The van der Waals surface area contributed by atoms with Crippen molar-refractivity contribution in [2.24, 2.45) is 4.99 Å². The van der Waals surface area contributed by atoms with Gasteiger partial charge in [0.05, 0.1) is 6.04 Å². The normalized spacial score (nSPS) is 22.0. The van der Waals surface area contributed by atoms with Gasteiger partial charge in [0.1, 0.15) is 6.54 Å². The predicted octanol–water partition coefficient (Wildman–Crippen LogP) is 1.21. The molecule has 30 heavy (non-hydrogen) atoms. The van der Waals surface area contributed by atoms with Crippen LogP contribution in [-0.2, 0) is 9.59 Å². The molecule has 1 atom stereocenters. The average Bonchev–Trinajstić information content (AvgIpc) is 3.44. The highest BCUT2D eigenvalue weighted by Crippen LogP contribution is 2.19. The van der Waals surface area contributed by atoms with Gasteiger partial charge in [-0.2, -0.15) is 0 Å². The lowest BCUT2D eigenvalue weighted by Gasteiger charge is -2.40. The maximum atomic E-state index is 12.7. The number of amides is 2. The van der Waals surface area contributed by atoms with E-state index in [-0.39, 0.29) is 48.4 Å².